The molecule has 10 aliphatic rings. The number of piperidine rings is 4. The number of likely N-dealkylation sites (tertiary alicyclic amines) is 4. The van der Waals surface area contributed by atoms with E-state index in [9.17, 15) is 15.0 Å². The highest BCUT2D eigenvalue weighted by Crippen LogP contribution is 2.69. The van der Waals surface area contributed by atoms with Gasteiger partial charge in [-0.3, -0.25) is 19.6 Å². The van der Waals surface area contributed by atoms with E-state index in [-0.39, 0.29) is 73.5 Å². The topological polar surface area (TPSA) is 140 Å². The van der Waals surface area contributed by atoms with Crippen molar-refractivity contribution >= 4 is 12.4 Å². The molecule has 7 unspecified atom stereocenters. The number of hydrogen-bond donors (Lipinski definition) is 3. The minimum Gasteiger partial charge on any atom is -0.430 e. The van der Waals surface area contributed by atoms with Gasteiger partial charge in [-0.1, -0.05) is 83.1 Å². The number of ether oxygens (including phenoxy) is 4. The van der Waals surface area contributed by atoms with Crippen molar-refractivity contribution in [1.29, 1.82) is 0 Å². The molecule has 6 heterocycles. The zero-order valence-corrected chi connectivity index (χ0v) is 53.3. The van der Waals surface area contributed by atoms with Crippen LogP contribution in [0, 0.1) is 43.3 Å². The zero-order valence-electron chi connectivity index (χ0n) is 53.3. The smallest absolute Gasteiger partial charge is 0.430 e. The van der Waals surface area contributed by atoms with Crippen molar-refractivity contribution < 1.29 is 39.2 Å². The lowest BCUT2D eigenvalue weighted by atomic mass is 9.79. The predicted octanol–water partition coefficient (Wildman–Crippen LogP) is 12.2. The lowest BCUT2D eigenvalue weighted by molar-refractivity contribution is -0.146. The molecule has 15 atom stereocenters. The summed E-state index contributed by atoms with van der Waals surface area (Å²) in [6, 6.07) is 4.43. The fraction of sp³-hybridized carbons (Fsp3) is 0.968. The first-order valence-electron chi connectivity index (χ1n) is 29.8. The predicted molar refractivity (Wildman–Crippen MR) is 306 cm³/mol. The van der Waals surface area contributed by atoms with E-state index in [1.165, 1.54) is 12.8 Å². The van der Waals surface area contributed by atoms with Crippen LogP contribution in [-0.2, 0) is 18.9 Å². The molecule has 3 N–H and O–H groups in total. The summed E-state index contributed by atoms with van der Waals surface area (Å²) in [6.45, 7) is 60.6. The van der Waals surface area contributed by atoms with Gasteiger partial charge >= 0.3 is 6.16 Å². The lowest BCUT2D eigenvalue weighted by Gasteiger charge is -2.45. The molecule has 4 aliphatic carbocycles. The van der Waals surface area contributed by atoms with Gasteiger partial charge in [-0.25, -0.2) is 4.79 Å². The zero-order chi connectivity index (χ0) is 57.8. The Bertz CT molecular complexity index is 2130. The fourth-order valence-corrected chi connectivity index (χ4v) is 16.4. The second kappa shape index (κ2) is 19.3. The third-order valence-corrected chi connectivity index (χ3v) is 20.4. The molecule has 13 heteroatoms. The molecule has 6 aliphatic heterocycles. The second-order valence-corrected chi connectivity index (χ2v) is 34.9. The Kier molecular flexibility index (Phi) is 15.7. The van der Waals surface area contributed by atoms with Gasteiger partial charge < -0.3 is 34.4 Å². The summed E-state index contributed by atoms with van der Waals surface area (Å²) in [4.78, 5) is 22.0. The van der Waals surface area contributed by atoms with Crippen LogP contribution in [0.3, 0.4) is 0 Å². The van der Waals surface area contributed by atoms with Gasteiger partial charge in [-0.15, -0.1) is 5.16 Å². The molecular weight excluding hydrogens is 955 g/mol. The van der Waals surface area contributed by atoms with E-state index in [4.69, 9.17) is 24.2 Å². The first-order chi connectivity index (χ1) is 34.1. The Labute approximate surface area is 463 Å². The number of carbonyl (C=O) groups excluding carboxylic acids is 1. The van der Waals surface area contributed by atoms with Crippen LogP contribution in [0.15, 0.2) is 5.16 Å². The molecule has 0 aromatic rings. The quantitative estimate of drug-likeness (QED) is 0.104. The molecule has 10 fully saturated rings. The Balaban J connectivity index is 0.000000148. The molecule has 0 radical (unpaired) electrons. The van der Waals surface area contributed by atoms with Crippen molar-refractivity contribution in [1.82, 2.24) is 19.6 Å². The summed E-state index contributed by atoms with van der Waals surface area (Å²) >= 11 is 0. The van der Waals surface area contributed by atoms with Crippen molar-refractivity contribution in [2.24, 2.45) is 48.5 Å². The van der Waals surface area contributed by atoms with Crippen molar-refractivity contribution in [2.45, 2.75) is 326 Å². The minimum absolute atomic E-state index is 0.0417. The monoisotopic (exact) mass is 1070 g/mol. The highest BCUT2D eigenvalue weighted by molar-refractivity contribution is 5.72. The molecule has 4 saturated carbocycles. The molecule has 0 spiro atoms. The molecule has 6 saturated heterocycles. The third kappa shape index (κ3) is 11.6. The van der Waals surface area contributed by atoms with Crippen LogP contribution >= 0.6 is 0 Å². The Morgan fingerprint density at radius 3 is 1.25 bits per heavy atom. The number of oxime groups is 1. The van der Waals surface area contributed by atoms with E-state index >= 15 is 0 Å². The summed E-state index contributed by atoms with van der Waals surface area (Å²) in [7, 11) is 0. The van der Waals surface area contributed by atoms with Crippen LogP contribution in [0.1, 0.15) is 231 Å². The van der Waals surface area contributed by atoms with E-state index in [2.05, 4.69) is 191 Å². The molecule has 0 aromatic carbocycles. The summed E-state index contributed by atoms with van der Waals surface area (Å²) in [5.74, 6) is -0.404. The summed E-state index contributed by atoms with van der Waals surface area (Å²) in [6.07, 6.45) is 10.1. The first kappa shape index (κ1) is 62.0. The van der Waals surface area contributed by atoms with Gasteiger partial charge in [0.1, 0.15) is 12.7 Å². The van der Waals surface area contributed by atoms with Gasteiger partial charge in [0, 0.05) is 92.2 Å². The number of aliphatic hydroxyl groups excluding tert-OH is 2. The van der Waals surface area contributed by atoms with Crippen molar-refractivity contribution in [2.75, 3.05) is 19.8 Å². The molecule has 76 heavy (non-hydrogen) atoms. The Morgan fingerprint density at radius 1 is 0.539 bits per heavy atom. The summed E-state index contributed by atoms with van der Waals surface area (Å²) in [5.41, 5.74) is 2.27. The van der Waals surface area contributed by atoms with Crippen LogP contribution in [0.25, 0.3) is 0 Å². The molecular formula is C63H115N5O8. The van der Waals surface area contributed by atoms with Gasteiger partial charge in [0.25, 0.3) is 0 Å². The normalized spacial score (nSPS) is 40.6. The minimum atomic E-state index is -0.556. The summed E-state index contributed by atoms with van der Waals surface area (Å²) < 4.78 is 22.6. The molecule has 13 nitrogen and oxygen atoms in total. The van der Waals surface area contributed by atoms with E-state index in [0.717, 1.165) is 45.1 Å². The lowest BCUT2D eigenvalue weighted by Crippen LogP contribution is -2.51. The maximum Gasteiger partial charge on any atom is 0.508 e. The molecule has 0 bridgehead atoms. The molecule has 0 aromatic heterocycles. The van der Waals surface area contributed by atoms with Gasteiger partial charge in [-0.05, 0) is 170 Å². The van der Waals surface area contributed by atoms with E-state index in [1.54, 1.807) is 6.21 Å². The summed E-state index contributed by atoms with van der Waals surface area (Å²) in [5, 5.41) is 31.6. The number of aliphatic hydroxyl groups is 2. The fourth-order valence-electron chi connectivity index (χ4n) is 16.4. The Morgan fingerprint density at radius 2 is 0.934 bits per heavy atom. The van der Waals surface area contributed by atoms with Gasteiger partial charge in [-0.2, -0.15) is 0 Å². The number of nitrogens with zero attached hydrogens (tertiary/aromatic N) is 5. The van der Waals surface area contributed by atoms with Crippen molar-refractivity contribution in [3.63, 3.8) is 0 Å². The highest BCUT2D eigenvalue weighted by Gasteiger charge is 2.75. The average molecular weight is 1070 g/mol. The maximum atomic E-state index is 11.3. The van der Waals surface area contributed by atoms with Gasteiger partial charge in [0.2, 0.25) is 0 Å². The number of rotatable bonds is 5. The van der Waals surface area contributed by atoms with E-state index < -0.39 is 18.0 Å². The largest absolute Gasteiger partial charge is 0.508 e. The molecule has 0 amide bonds. The van der Waals surface area contributed by atoms with Crippen LogP contribution in [0.5, 0.6) is 0 Å². The molecule has 10 rings (SSSR count). The van der Waals surface area contributed by atoms with Gasteiger partial charge in [0.05, 0.1) is 31.6 Å². The third-order valence-electron chi connectivity index (χ3n) is 20.4. The SMILES string of the molecule is CC(C)(C)C1C[C@@]2(/C=N/O)C[C@H]2N1C(C)(C)C.CC(C)(C)C1C[C@@]2(C(O)CO)C[C@H]2N1C(C)(C)C.CC(C)(C)C1C[C@@]2(C3COC(=O)O3)C[C@H]2N1C(C)(C)C.CC1(C)OCC([C@@]23CC(C(C)(C)C)N(C(C)(C)C)[C@@H]2C3)O1. The average Bonchev–Trinajstić information content (AvgIpc) is 4.15. The van der Waals surface area contributed by atoms with Crippen LogP contribution in [-0.4, -0.2) is 162 Å². The van der Waals surface area contributed by atoms with Crippen LogP contribution in [0.2, 0.25) is 0 Å². The second-order valence-electron chi connectivity index (χ2n) is 34.9. The van der Waals surface area contributed by atoms with E-state index in [1.807, 2.05) is 13.8 Å². The maximum absolute atomic E-state index is 11.3. The van der Waals surface area contributed by atoms with Crippen LogP contribution < -0.4 is 0 Å². The first-order valence-corrected chi connectivity index (χ1v) is 29.8. The standard InChI is InChI=1S/C18H33NO2.C16H27NO3.C15H29NO2.C14H26N2O/c1-15(2,3)12-9-18(14-11-20-17(7,8)21-14)10-13(18)19(12)16(4,5)6;1-14(2,3)10-7-16(12-9-19-13(18)20-12)8-11(16)17(10)15(4,5)6;1-13(2,3)10-7-15(12(18)9-17)8-11(15)16(10)14(4,5)6;1-12(2,3)10-7-14(9-15-17)8-11(14)16(10)13(4,5)6/h12-14H,9-11H2,1-8H3;10-12H,7-9H2,1-6H3;10-12,17-18H,7-9H2,1-6H3;9-11,17H,7-8H2,1-6H3/b;;;15-9+/t12?,13-,14?,18-;10?,11-,12?,16-;10?,11-,12?,15-;10?,11-,14+/m1111/s1. The Hall–Kier alpha value is -1.58. The number of fused-ring (bicyclic) bond motifs is 4. The number of carbonyl (C=O) groups is 1. The highest BCUT2D eigenvalue weighted by atomic mass is 16.8. The number of hydrogen-bond acceptors (Lipinski definition) is 13. The van der Waals surface area contributed by atoms with Crippen molar-refractivity contribution in [3.05, 3.63) is 0 Å². The van der Waals surface area contributed by atoms with E-state index in [0.29, 0.717) is 65.8 Å². The van der Waals surface area contributed by atoms with Gasteiger partial charge in [0.15, 0.2) is 5.79 Å². The van der Waals surface area contributed by atoms with Crippen molar-refractivity contribution in [3.8, 4) is 0 Å². The van der Waals surface area contributed by atoms with Crippen LogP contribution in [0.4, 0.5) is 4.79 Å². The number of cyclic esters (lactones) is 2. The molecule has 440 valence electrons.